The minimum Gasteiger partial charge on any atom is -0.393 e. The van der Waals surface area contributed by atoms with E-state index in [1.165, 1.54) is 0 Å². The van der Waals surface area contributed by atoms with Gasteiger partial charge in [0.25, 0.3) is 0 Å². The molecule has 1 aromatic heterocycles. The van der Waals surface area contributed by atoms with Crippen molar-refractivity contribution in [3.05, 3.63) is 23.9 Å². The van der Waals surface area contributed by atoms with Gasteiger partial charge in [0.2, 0.25) is 0 Å². The summed E-state index contributed by atoms with van der Waals surface area (Å²) in [6.07, 6.45) is 5.53. The number of nitrogens with zero attached hydrogens (tertiary/aromatic N) is 2. The fraction of sp³-hybridized carbons (Fsp3) is 0.615. The quantitative estimate of drug-likeness (QED) is 0.803. The topological polar surface area (TPSA) is 56.6 Å². The second-order valence-corrected chi connectivity index (χ2v) is 5.06. The van der Waals surface area contributed by atoms with Crippen LogP contribution in [0, 0.1) is 0 Å². The Morgan fingerprint density at radius 2 is 2.00 bits per heavy atom. The van der Waals surface area contributed by atoms with Gasteiger partial charge in [0.1, 0.15) is 5.82 Å². The molecule has 2 atom stereocenters. The van der Waals surface area contributed by atoms with Crippen LogP contribution in [0.1, 0.15) is 31.2 Å². The van der Waals surface area contributed by atoms with Crippen LogP contribution in [0.15, 0.2) is 18.3 Å². The monoisotopic (exact) mass is 234 g/mol. The first-order valence-electron chi connectivity index (χ1n) is 6.30. The summed E-state index contributed by atoms with van der Waals surface area (Å²) in [6, 6.07) is 4.57. The molecule has 0 aliphatic carbocycles. The molecule has 4 heteroatoms. The van der Waals surface area contributed by atoms with E-state index in [9.17, 15) is 10.2 Å². The highest BCUT2D eigenvalue weighted by Gasteiger charge is 2.41. The maximum Gasteiger partial charge on any atom is 0.134 e. The van der Waals surface area contributed by atoms with Gasteiger partial charge in [-0.25, -0.2) is 4.98 Å². The first-order valence-corrected chi connectivity index (χ1v) is 6.30. The number of aromatic nitrogens is 1. The number of piperidine rings is 1. The maximum absolute atomic E-state index is 9.78. The molecular weight excluding hydrogens is 216 g/mol. The van der Waals surface area contributed by atoms with E-state index in [0.717, 1.165) is 37.1 Å². The molecule has 2 aliphatic heterocycles. The van der Waals surface area contributed by atoms with Gasteiger partial charge in [-0.15, -0.1) is 0 Å². The molecule has 2 aliphatic rings. The van der Waals surface area contributed by atoms with Crippen molar-refractivity contribution in [1.82, 2.24) is 4.98 Å². The Bertz CT molecular complexity index is 396. The van der Waals surface area contributed by atoms with E-state index in [1.807, 2.05) is 12.1 Å². The number of hydrogen-bond donors (Lipinski definition) is 2. The van der Waals surface area contributed by atoms with Crippen molar-refractivity contribution in [2.24, 2.45) is 0 Å². The number of pyridine rings is 1. The van der Waals surface area contributed by atoms with Gasteiger partial charge >= 0.3 is 0 Å². The van der Waals surface area contributed by atoms with E-state index in [1.54, 1.807) is 6.20 Å². The summed E-state index contributed by atoms with van der Waals surface area (Å²) in [4.78, 5) is 6.74. The molecular formula is C13H18N2O2. The fourth-order valence-corrected chi connectivity index (χ4v) is 3.28. The van der Waals surface area contributed by atoms with Crippen molar-refractivity contribution in [3.63, 3.8) is 0 Å². The summed E-state index contributed by atoms with van der Waals surface area (Å²) < 4.78 is 0. The average Bonchev–Trinajstić information content (AvgIpc) is 2.61. The zero-order valence-corrected chi connectivity index (χ0v) is 9.79. The molecule has 0 spiro atoms. The molecule has 0 aromatic carbocycles. The summed E-state index contributed by atoms with van der Waals surface area (Å²) in [6.45, 7) is 0.0294. The standard InChI is InChI=1S/C13H18N2O2/c16-8-9-2-1-5-14-13(9)15-10-3-4-11(15)7-12(17)6-10/h1-2,5,10-12,16-17H,3-4,6-8H2. The molecule has 2 unspecified atom stereocenters. The van der Waals surface area contributed by atoms with Crippen molar-refractivity contribution >= 4 is 5.82 Å². The number of aliphatic hydroxyl groups excluding tert-OH is 2. The molecule has 0 saturated carbocycles. The normalized spacial score (nSPS) is 31.9. The molecule has 4 nitrogen and oxygen atoms in total. The van der Waals surface area contributed by atoms with Crippen molar-refractivity contribution in [1.29, 1.82) is 0 Å². The maximum atomic E-state index is 9.78. The van der Waals surface area contributed by atoms with Gasteiger partial charge in [0.05, 0.1) is 12.7 Å². The van der Waals surface area contributed by atoms with Gasteiger partial charge in [0.15, 0.2) is 0 Å². The lowest BCUT2D eigenvalue weighted by Crippen LogP contribution is -2.45. The van der Waals surface area contributed by atoms with Crippen LogP contribution < -0.4 is 4.90 Å². The molecule has 17 heavy (non-hydrogen) atoms. The minimum atomic E-state index is -0.162. The lowest BCUT2D eigenvalue weighted by Gasteiger charge is -2.38. The Kier molecular flexibility index (Phi) is 2.76. The third kappa shape index (κ3) is 1.81. The Hall–Kier alpha value is -1.13. The third-order valence-corrected chi connectivity index (χ3v) is 3.99. The van der Waals surface area contributed by atoms with Gasteiger partial charge in [-0.1, -0.05) is 6.07 Å². The van der Waals surface area contributed by atoms with E-state index < -0.39 is 0 Å². The van der Waals surface area contributed by atoms with Crippen LogP contribution in [0.2, 0.25) is 0 Å². The number of fused-ring (bicyclic) bond motifs is 2. The van der Waals surface area contributed by atoms with E-state index in [-0.39, 0.29) is 12.7 Å². The highest BCUT2D eigenvalue weighted by atomic mass is 16.3. The van der Waals surface area contributed by atoms with Crippen LogP contribution in [0.3, 0.4) is 0 Å². The number of rotatable bonds is 2. The number of anilines is 1. The second-order valence-electron chi connectivity index (χ2n) is 5.06. The molecule has 2 saturated heterocycles. The van der Waals surface area contributed by atoms with Crippen LogP contribution in [0.25, 0.3) is 0 Å². The zero-order chi connectivity index (χ0) is 11.8. The van der Waals surface area contributed by atoms with E-state index in [4.69, 9.17) is 0 Å². The smallest absolute Gasteiger partial charge is 0.134 e. The van der Waals surface area contributed by atoms with Crippen molar-refractivity contribution in [3.8, 4) is 0 Å². The number of aliphatic hydroxyl groups is 2. The molecule has 3 heterocycles. The zero-order valence-electron chi connectivity index (χ0n) is 9.79. The van der Waals surface area contributed by atoms with Gasteiger partial charge in [-0.2, -0.15) is 0 Å². The van der Waals surface area contributed by atoms with Gasteiger partial charge in [-0.05, 0) is 31.7 Å². The lowest BCUT2D eigenvalue weighted by atomic mass is 9.99. The summed E-state index contributed by atoms with van der Waals surface area (Å²) >= 11 is 0. The summed E-state index contributed by atoms with van der Waals surface area (Å²) in [5.41, 5.74) is 0.890. The van der Waals surface area contributed by atoms with E-state index >= 15 is 0 Å². The highest BCUT2D eigenvalue weighted by Crippen LogP contribution is 2.39. The van der Waals surface area contributed by atoms with Crippen LogP contribution >= 0.6 is 0 Å². The van der Waals surface area contributed by atoms with Crippen LogP contribution in [0.4, 0.5) is 5.82 Å². The third-order valence-electron chi connectivity index (χ3n) is 3.99. The van der Waals surface area contributed by atoms with Crippen molar-refractivity contribution in [2.45, 2.75) is 50.5 Å². The molecule has 0 radical (unpaired) electrons. The fourth-order valence-electron chi connectivity index (χ4n) is 3.28. The Balaban J connectivity index is 1.94. The lowest BCUT2D eigenvalue weighted by molar-refractivity contribution is 0.126. The van der Waals surface area contributed by atoms with E-state index in [0.29, 0.717) is 12.1 Å². The predicted molar refractivity (Wildman–Crippen MR) is 64.7 cm³/mol. The van der Waals surface area contributed by atoms with Crippen molar-refractivity contribution < 1.29 is 10.2 Å². The van der Waals surface area contributed by atoms with Gasteiger partial charge in [0, 0.05) is 23.8 Å². The Morgan fingerprint density at radius 1 is 1.29 bits per heavy atom. The first-order chi connectivity index (χ1) is 8.29. The highest BCUT2D eigenvalue weighted by molar-refractivity contribution is 5.50. The summed E-state index contributed by atoms with van der Waals surface area (Å²) in [7, 11) is 0. The minimum absolute atomic E-state index is 0.0294. The van der Waals surface area contributed by atoms with E-state index in [2.05, 4.69) is 9.88 Å². The first kappa shape index (κ1) is 11.0. The van der Waals surface area contributed by atoms with Crippen LogP contribution in [0.5, 0.6) is 0 Å². The molecule has 2 fully saturated rings. The molecule has 2 bridgehead atoms. The molecule has 3 rings (SSSR count). The van der Waals surface area contributed by atoms with Crippen LogP contribution in [-0.4, -0.2) is 33.4 Å². The Labute approximate surface area is 101 Å². The molecule has 0 amide bonds. The summed E-state index contributed by atoms with van der Waals surface area (Å²) in [5.74, 6) is 0.911. The van der Waals surface area contributed by atoms with Crippen LogP contribution in [-0.2, 0) is 6.61 Å². The molecule has 92 valence electrons. The second kappa shape index (κ2) is 4.27. The largest absolute Gasteiger partial charge is 0.393 e. The average molecular weight is 234 g/mol. The molecule has 1 aromatic rings. The Morgan fingerprint density at radius 3 is 2.65 bits per heavy atom. The number of hydrogen-bond acceptors (Lipinski definition) is 4. The van der Waals surface area contributed by atoms with Gasteiger partial charge in [-0.3, -0.25) is 0 Å². The van der Waals surface area contributed by atoms with Crippen molar-refractivity contribution in [2.75, 3.05) is 4.90 Å². The SMILES string of the molecule is OCc1cccnc1N1C2CCC1CC(O)C2. The predicted octanol–water partition coefficient (Wildman–Crippen LogP) is 1.07. The summed E-state index contributed by atoms with van der Waals surface area (Å²) in [5, 5.41) is 19.2. The van der Waals surface area contributed by atoms with Gasteiger partial charge < -0.3 is 15.1 Å². The molecule has 2 N–H and O–H groups in total.